The first-order valence-corrected chi connectivity index (χ1v) is 7.55. The van der Waals surface area contributed by atoms with Crippen molar-refractivity contribution < 1.29 is 4.79 Å². The van der Waals surface area contributed by atoms with Crippen molar-refractivity contribution in [2.24, 2.45) is 7.05 Å². The normalized spacial score (nSPS) is 10.7. The Morgan fingerprint density at radius 2 is 2.10 bits per heavy atom. The van der Waals surface area contributed by atoms with Crippen LogP contribution in [0.4, 0.5) is 5.69 Å². The van der Waals surface area contributed by atoms with Crippen molar-refractivity contribution in [1.29, 1.82) is 0 Å². The molecule has 0 radical (unpaired) electrons. The second-order valence-electron chi connectivity index (χ2n) is 4.94. The van der Waals surface area contributed by atoms with Crippen LogP contribution in [-0.2, 0) is 20.0 Å². The maximum Gasteiger partial charge on any atom is 0.274 e. The molecule has 0 unspecified atom stereocenters. The van der Waals surface area contributed by atoms with Gasteiger partial charge in [0.25, 0.3) is 5.91 Å². The van der Waals surface area contributed by atoms with Crippen molar-refractivity contribution in [2.75, 3.05) is 12.8 Å². The van der Waals surface area contributed by atoms with Crippen LogP contribution in [0.1, 0.15) is 28.7 Å². The lowest BCUT2D eigenvalue weighted by Crippen LogP contribution is -2.29. The molecule has 0 atom stereocenters. The third kappa shape index (κ3) is 3.10. The van der Waals surface area contributed by atoms with Crippen LogP contribution in [0.5, 0.6) is 0 Å². The Morgan fingerprint density at radius 1 is 1.43 bits per heavy atom. The van der Waals surface area contributed by atoms with E-state index < -0.39 is 0 Å². The number of carbonyl (C=O) groups excluding carboxylic acids is 1. The van der Waals surface area contributed by atoms with Crippen LogP contribution in [0.15, 0.2) is 28.7 Å². The molecule has 0 aliphatic rings. The quantitative estimate of drug-likeness (QED) is 0.921. The molecule has 0 spiro atoms. The van der Waals surface area contributed by atoms with E-state index >= 15 is 0 Å². The summed E-state index contributed by atoms with van der Waals surface area (Å²) < 4.78 is 2.55. The van der Waals surface area contributed by atoms with Gasteiger partial charge in [-0.25, -0.2) is 0 Å². The fraction of sp³-hybridized carbons (Fsp3) is 0.333. The first-order valence-electron chi connectivity index (χ1n) is 6.75. The van der Waals surface area contributed by atoms with Gasteiger partial charge in [-0.2, -0.15) is 5.10 Å². The van der Waals surface area contributed by atoms with E-state index in [-0.39, 0.29) is 5.91 Å². The SMILES string of the molecule is CCc1nn(C)c(C(=O)N(C)Cc2ccccc2Br)c1N. The van der Waals surface area contributed by atoms with Gasteiger partial charge in [0.2, 0.25) is 0 Å². The van der Waals surface area contributed by atoms with Crippen molar-refractivity contribution in [3.63, 3.8) is 0 Å². The number of amides is 1. The molecule has 0 aliphatic carbocycles. The zero-order valence-corrected chi connectivity index (χ0v) is 14.0. The summed E-state index contributed by atoms with van der Waals surface area (Å²) in [5.74, 6) is -0.127. The number of halogens is 1. The molecule has 2 rings (SSSR count). The predicted octanol–water partition coefficient (Wildman–Crippen LogP) is 2.60. The molecule has 0 saturated carbocycles. The zero-order valence-electron chi connectivity index (χ0n) is 12.4. The Morgan fingerprint density at radius 3 is 2.67 bits per heavy atom. The van der Waals surface area contributed by atoms with Gasteiger partial charge >= 0.3 is 0 Å². The van der Waals surface area contributed by atoms with E-state index in [2.05, 4.69) is 21.0 Å². The fourth-order valence-electron chi connectivity index (χ4n) is 2.25. The van der Waals surface area contributed by atoms with Gasteiger partial charge in [-0.05, 0) is 18.1 Å². The summed E-state index contributed by atoms with van der Waals surface area (Å²) in [7, 11) is 3.51. The summed E-state index contributed by atoms with van der Waals surface area (Å²) in [6, 6.07) is 7.84. The molecule has 5 nitrogen and oxygen atoms in total. The molecule has 2 N–H and O–H groups in total. The van der Waals surface area contributed by atoms with Gasteiger partial charge in [0.15, 0.2) is 0 Å². The molecule has 1 amide bonds. The maximum absolute atomic E-state index is 12.6. The number of nitrogen functional groups attached to an aromatic ring is 1. The van der Waals surface area contributed by atoms with E-state index in [1.165, 1.54) is 0 Å². The van der Waals surface area contributed by atoms with Gasteiger partial charge in [-0.1, -0.05) is 41.1 Å². The molecule has 1 aromatic carbocycles. The molecule has 112 valence electrons. The van der Waals surface area contributed by atoms with Gasteiger partial charge in [0.05, 0.1) is 11.4 Å². The van der Waals surface area contributed by atoms with Crippen LogP contribution in [0.2, 0.25) is 0 Å². The van der Waals surface area contributed by atoms with Gasteiger partial charge in [-0.15, -0.1) is 0 Å². The van der Waals surface area contributed by atoms with Crippen molar-refractivity contribution in [3.05, 3.63) is 45.7 Å². The van der Waals surface area contributed by atoms with Crippen LogP contribution < -0.4 is 5.73 Å². The summed E-state index contributed by atoms with van der Waals surface area (Å²) >= 11 is 3.49. The minimum Gasteiger partial charge on any atom is -0.395 e. The third-order valence-electron chi connectivity index (χ3n) is 3.41. The van der Waals surface area contributed by atoms with E-state index in [4.69, 9.17) is 5.73 Å². The van der Waals surface area contributed by atoms with E-state index in [1.54, 1.807) is 23.7 Å². The second-order valence-corrected chi connectivity index (χ2v) is 5.79. The van der Waals surface area contributed by atoms with Crippen LogP contribution >= 0.6 is 15.9 Å². The summed E-state index contributed by atoms with van der Waals surface area (Å²) in [6.45, 7) is 2.48. The van der Waals surface area contributed by atoms with Crippen molar-refractivity contribution in [3.8, 4) is 0 Å². The molecular formula is C15H19BrN4O. The fourth-order valence-corrected chi connectivity index (χ4v) is 2.66. The van der Waals surface area contributed by atoms with Gasteiger partial charge in [0, 0.05) is 25.1 Å². The van der Waals surface area contributed by atoms with E-state index in [9.17, 15) is 4.79 Å². The molecule has 1 heterocycles. The molecule has 1 aromatic heterocycles. The van der Waals surface area contributed by atoms with Crippen LogP contribution in [0.25, 0.3) is 0 Å². The molecule has 0 saturated heterocycles. The van der Waals surface area contributed by atoms with Crippen molar-refractivity contribution >= 4 is 27.5 Å². The molecule has 21 heavy (non-hydrogen) atoms. The maximum atomic E-state index is 12.6. The Hall–Kier alpha value is -1.82. The lowest BCUT2D eigenvalue weighted by atomic mass is 10.2. The Kier molecular flexibility index (Phi) is 4.67. The predicted molar refractivity (Wildman–Crippen MR) is 86.9 cm³/mol. The molecular weight excluding hydrogens is 332 g/mol. The first kappa shape index (κ1) is 15.6. The highest BCUT2D eigenvalue weighted by molar-refractivity contribution is 9.10. The lowest BCUT2D eigenvalue weighted by Gasteiger charge is -2.18. The minimum atomic E-state index is -0.127. The van der Waals surface area contributed by atoms with Crippen LogP contribution in [0, 0.1) is 0 Å². The smallest absolute Gasteiger partial charge is 0.274 e. The number of nitrogens with zero attached hydrogens (tertiary/aromatic N) is 3. The van der Waals surface area contributed by atoms with Crippen LogP contribution in [0.3, 0.4) is 0 Å². The standard InChI is InChI=1S/C15H19BrN4O/c1-4-12-13(17)14(20(3)18-12)15(21)19(2)9-10-7-5-6-8-11(10)16/h5-8H,4,9,17H2,1-3H3. The van der Waals surface area contributed by atoms with Crippen molar-refractivity contribution in [1.82, 2.24) is 14.7 Å². The van der Waals surface area contributed by atoms with E-state index in [1.807, 2.05) is 31.2 Å². The van der Waals surface area contributed by atoms with Gasteiger partial charge < -0.3 is 10.6 Å². The number of benzene rings is 1. The minimum absolute atomic E-state index is 0.127. The molecule has 0 aliphatic heterocycles. The Labute approximate surface area is 132 Å². The number of anilines is 1. The topological polar surface area (TPSA) is 64.2 Å². The summed E-state index contributed by atoms with van der Waals surface area (Å²) in [6.07, 6.45) is 0.709. The average molecular weight is 351 g/mol. The largest absolute Gasteiger partial charge is 0.395 e. The van der Waals surface area contributed by atoms with E-state index in [0.717, 1.165) is 15.7 Å². The third-order valence-corrected chi connectivity index (χ3v) is 4.18. The Balaban J connectivity index is 2.24. The molecule has 0 fully saturated rings. The van der Waals surface area contributed by atoms with Crippen molar-refractivity contribution in [2.45, 2.75) is 19.9 Å². The monoisotopic (exact) mass is 350 g/mol. The van der Waals surface area contributed by atoms with Gasteiger partial charge in [0.1, 0.15) is 5.69 Å². The number of hydrogen-bond acceptors (Lipinski definition) is 3. The number of nitrogens with two attached hydrogens (primary N) is 1. The second kappa shape index (κ2) is 6.30. The van der Waals surface area contributed by atoms with E-state index in [0.29, 0.717) is 24.3 Å². The highest BCUT2D eigenvalue weighted by atomic mass is 79.9. The number of aromatic nitrogens is 2. The number of carbonyl (C=O) groups is 1. The van der Waals surface area contributed by atoms with Crippen LogP contribution in [-0.4, -0.2) is 27.6 Å². The highest BCUT2D eigenvalue weighted by Gasteiger charge is 2.22. The molecule has 6 heteroatoms. The zero-order chi connectivity index (χ0) is 15.6. The first-order chi connectivity index (χ1) is 9.95. The number of rotatable bonds is 4. The summed E-state index contributed by atoms with van der Waals surface area (Å²) in [4.78, 5) is 14.2. The summed E-state index contributed by atoms with van der Waals surface area (Å²) in [5, 5.41) is 4.29. The Bertz CT molecular complexity index is 666. The summed E-state index contributed by atoms with van der Waals surface area (Å²) in [5.41, 5.74) is 8.76. The molecule has 2 aromatic rings. The lowest BCUT2D eigenvalue weighted by molar-refractivity contribution is 0.0775. The van der Waals surface area contributed by atoms with Gasteiger partial charge in [-0.3, -0.25) is 9.48 Å². The number of hydrogen-bond donors (Lipinski definition) is 1. The number of aryl methyl sites for hydroxylation is 2. The molecule has 0 bridgehead atoms. The average Bonchev–Trinajstić information content (AvgIpc) is 2.75. The highest BCUT2D eigenvalue weighted by Crippen LogP contribution is 2.21.